The monoisotopic (exact) mass is 638 g/mol. The number of anilines is 2. The molecule has 2 aromatic heterocycles. The van der Waals surface area contributed by atoms with Crippen LogP contribution in [0.1, 0.15) is 5.56 Å². The maximum absolute atomic E-state index is 5.08. The van der Waals surface area contributed by atoms with Crippen LogP contribution in [0.2, 0.25) is 0 Å². The molecule has 0 fully saturated rings. The van der Waals surface area contributed by atoms with Crippen molar-refractivity contribution in [2.45, 2.75) is 0 Å². The Morgan fingerprint density at radius 3 is 2.09 bits per heavy atom. The molecule has 1 aliphatic heterocycles. The van der Waals surface area contributed by atoms with Crippen molar-refractivity contribution in [1.82, 2.24) is 19.9 Å². The van der Waals surface area contributed by atoms with E-state index in [4.69, 9.17) is 13.1 Å². The Morgan fingerprint density at radius 2 is 1.57 bits per heavy atom. The number of hydrogen-bond donors (Lipinski definition) is 1. The molecular formula is C26H22BN7Pt. The van der Waals surface area contributed by atoms with Gasteiger partial charge in [-0.15, -0.1) is 12.7 Å². The number of para-hydroxylation sites is 2. The van der Waals surface area contributed by atoms with Crippen molar-refractivity contribution in [3.63, 3.8) is 0 Å². The molecule has 0 bridgehead atoms. The molecule has 0 amide bonds. The largest absolute Gasteiger partial charge is 2.00 e. The number of amidine groups is 1. The number of nitrogens with one attached hydrogen (secondary N) is 1. The molecule has 0 saturated carbocycles. The first-order chi connectivity index (χ1) is 16.8. The van der Waals surface area contributed by atoms with Gasteiger partial charge in [0.2, 0.25) is 0 Å². The first-order valence-corrected chi connectivity index (χ1v) is 10.6. The van der Waals surface area contributed by atoms with Crippen LogP contribution in [0, 0.1) is 12.7 Å². The average molecular weight is 638 g/mol. The third-order valence-electron chi connectivity index (χ3n) is 4.59. The molecule has 3 heterocycles. The van der Waals surface area contributed by atoms with Gasteiger partial charge in [-0.05, 0) is 24.3 Å². The van der Waals surface area contributed by atoms with Crippen LogP contribution in [-0.2, 0) is 21.1 Å². The van der Waals surface area contributed by atoms with Gasteiger partial charge in [-0.2, -0.15) is 39.6 Å². The van der Waals surface area contributed by atoms with Crippen LogP contribution in [0.15, 0.2) is 127 Å². The van der Waals surface area contributed by atoms with E-state index in [-0.39, 0.29) is 21.1 Å². The van der Waals surface area contributed by atoms with Crippen molar-refractivity contribution in [1.29, 1.82) is 0 Å². The van der Waals surface area contributed by atoms with Crippen LogP contribution in [0.3, 0.4) is 0 Å². The minimum atomic E-state index is 0. The summed E-state index contributed by atoms with van der Waals surface area (Å²) in [7, 11) is 5.08. The van der Waals surface area contributed by atoms with Gasteiger partial charge < -0.3 is 14.5 Å². The second-order valence-electron chi connectivity index (χ2n) is 6.96. The summed E-state index contributed by atoms with van der Waals surface area (Å²) < 4.78 is 1.25. The van der Waals surface area contributed by atoms with E-state index in [1.54, 1.807) is 30.9 Å². The fraction of sp³-hybridized carbons (Fsp3) is 0. The minimum Gasteiger partial charge on any atom is -0.456 e. The number of hydrogen-bond acceptors (Lipinski definition) is 5. The summed E-state index contributed by atoms with van der Waals surface area (Å²) in [6.45, 7) is 1.99. The summed E-state index contributed by atoms with van der Waals surface area (Å²) in [5.41, 5.74) is 3.07. The number of nitrogens with zero attached hydrogens (tertiary/aromatic N) is 6. The standard InChI is InChI=1S/C20H15N3.C3H3BN2.C3H4N2.Pt/c1-4-10-17(11-5-1)20-21-23(19-14-8-3-9-15-19)16-22(20)18-12-6-2-7-13-18;4-6-3-1-2-5-6;1-2-4-5-3-1;/h1-14,16H;1-3H;1-3H,(H,4,5);/q-2;;;+2. The van der Waals surface area contributed by atoms with Crippen LogP contribution in [0.25, 0.3) is 0 Å². The summed E-state index contributed by atoms with van der Waals surface area (Å²) in [4.78, 5) is 2.09. The number of hydrazone groups is 1. The molecule has 0 aliphatic carbocycles. The Kier molecular flexibility index (Phi) is 10.1. The zero-order chi connectivity index (χ0) is 23.4. The Morgan fingerprint density at radius 1 is 0.829 bits per heavy atom. The van der Waals surface area contributed by atoms with E-state index in [1.165, 1.54) is 4.59 Å². The maximum atomic E-state index is 5.08. The molecule has 174 valence electrons. The Bertz CT molecular complexity index is 1220. The van der Waals surface area contributed by atoms with Crippen LogP contribution >= 0.6 is 0 Å². The molecule has 5 aromatic rings. The topological polar surface area (TPSA) is 65.3 Å². The predicted octanol–water partition coefficient (Wildman–Crippen LogP) is 4.52. The van der Waals surface area contributed by atoms with Gasteiger partial charge in [0.05, 0.1) is 0 Å². The number of aromatic amines is 1. The molecule has 2 radical (unpaired) electrons. The van der Waals surface area contributed by atoms with E-state index in [1.807, 2.05) is 78.4 Å². The van der Waals surface area contributed by atoms with Crippen molar-refractivity contribution >= 4 is 25.2 Å². The van der Waals surface area contributed by atoms with Crippen molar-refractivity contribution in [3.8, 4) is 0 Å². The molecule has 1 aliphatic rings. The molecule has 35 heavy (non-hydrogen) atoms. The van der Waals surface area contributed by atoms with E-state index in [2.05, 4.69) is 50.5 Å². The van der Waals surface area contributed by atoms with Gasteiger partial charge in [-0.3, -0.25) is 5.10 Å². The SMILES string of the molecule is [B]n1cccn1.[Pt+2].[c-]1ccccc1N1[CH-]N(c2ccccc2)C(c2ccccc2)=N1.c1cn[nH]c1. The van der Waals surface area contributed by atoms with Crippen LogP contribution < -0.4 is 9.91 Å². The second kappa shape index (κ2) is 13.7. The predicted molar refractivity (Wildman–Crippen MR) is 136 cm³/mol. The molecule has 3 aromatic carbocycles. The van der Waals surface area contributed by atoms with Gasteiger partial charge >= 0.3 is 21.1 Å². The zero-order valence-corrected chi connectivity index (χ0v) is 21.0. The maximum Gasteiger partial charge on any atom is 2.00 e. The minimum absolute atomic E-state index is 0. The number of aromatic nitrogens is 4. The number of rotatable bonds is 3. The van der Waals surface area contributed by atoms with Crippen LogP contribution in [0.4, 0.5) is 11.4 Å². The molecule has 9 heteroatoms. The first kappa shape index (κ1) is 25.7. The third kappa shape index (κ3) is 7.55. The summed E-state index contributed by atoms with van der Waals surface area (Å²) >= 11 is 0. The van der Waals surface area contributed by atoms with Crippen molar-refractivity contribution in [3.05, 3.63) is 140 Å². The van der Waals surface area contributed by atoms with E-state index in [0.717, 1.165) is 22.8 Å². The molecule has 1 N–H and O–H groups in total. The number of benzene rings is 3. The van der Waals surface area contributed by atoms with Crippen molar-refractivity contribution < 1.29 is 21.1 Å². The van der Waals surface area contributed by atoms with Gasteiger partial charge in [0, 0.05) is 36.0 Å². The third-order valence-corrected chi connectivity index (χ3v) is 4.59. The van der Waals surface area contributed by atoms with E-state index in [0.29, 0.717) is 0 Å². The second-order valence-corrected chi connectivity index (χ2v) is 6.96. The van der Waals surface area contributed by atoms with E-state index >= 15 is 0 Å². The van der Waals surface area contributed by atoms with Gasteiger partial charge in [-0.25, -0.2) is 0 Å². The molecular weight excluding hydrogens is 616 g/mol. The molecule has 6 rings (SSSR count). The van der Waals surface area contributed by atoms with E-state index < -0.39 is 0 Å². The fourth-order valence-corrected chi connectivity index (χ4v) is 3.04. The van der Waals surface area contributed by atoms with Gasteiger partial charge in [0.25, 0.3) is 7.98 Å². The number of H-pyrrole nitrogens is 1. The quantitative estimate of drug-likeness (QED) is 0.234. The molecule has 0 atom stereocenters. The summed E-state index contributed by atoms with van der Waals surface area (Å²) in [6, 6.07) is 35.1. The summed E-state index contributed by atoms with van der Waals surface area (Å²) in [5.74, 6) is 0.897. The van der Waals surface area contributed by atoms with E-state index in [9.17, 15) is 0 Å². The smallest absolute Gasteiger partial charge is 0.456 e. The Balaban J connectivity index is 0.000000235. The van der Waals surface area contributed by atoms with Gasteiger partial charge in [0.15, 0.2) is 0 Å². The normalized spacial score (nSPS) is 11.8. The fourth-order valence-electron chi connectivity index (χ4n) is 3.04. The van der Waals surface area contributed by atoms with Crippen molar-refractivity contribution in [2.24, 2.45) is 5.10 Å². The summed E-state index contributed by atoms with van der Waals surface area (Å²) in [5, 5.41) is 16.5. The van der Waals surface area contributed by atoms with Gasteiger partial charge in [0.1, 0.15) is 5.84 Å². The Labute approximate surface area is 220 Å². The first-order valence-electron chi connectivity index (χ1n) is 10.6. The van der Waals surface area contributed by atoms with Gasteiger partial charge in [-0.1, -0.05) is 54.2 Å². The molecule has 0 unspecified atom stereocenters. The average Bonchev–Trinajstić information content (AvgIpc) is 3.70. The zero-order valence-electron chi connectivity index (χ0n) is 18.7. The van der Waals surface area contributed by atoms with Crippen LogP contribution in [0.5, 0.6) is 0 Å². The molecule has 0 spiro atoms. The summed E-state index contributed by atoms with van der Waals surface area (Å²) in [6.07, 6.45) is 6.75. The van der Waals surface area contributed by atoms with Crippen molar-refractivity contribution in [2.75, 3.05) is 9.91 Å². The Hall–Kier alpha value is -3.90. The van der Waals surface area contributed by atoms with Crippen LogP contribution in [-0.4, -0.2) is 33.7 Å². The molecule has 0 saturated heterocycles. The molecule has 7 nitrogen and oxygen atoms in total.